The summed E-state index contributed by atoms with van der Waals surface area (Å²) in [5.74, 6) is -1.34. The number of urea groups is 1. The minimum Gasteiger partial charge on any atom is -0.366 e. The lowest BCUT2D eigenvalue weighted by Crippen LogP contribution is -2.68. The number of anilines is 1. The number of non-ortho nitro benzene ring substituents is 1. The van der Waals surface area contributed by atoms with Gasteiger partial charge in [0.05, 0.1) is 17.5 Å². The maximum atomic E-state index is 14.2. The molecule has 2 aliphatic heterocycles. The second kappa shape index (κ2) is 8.35. The van der Waals surface area contributed by atoms with Crippen LogP contribution in [0.15, 0.2) is 78.9 Å². The van der Waals surface area contributed by atoms with E-state index in [0.29, 0.717) is 11.3 Å². The zero-order valence-electron chi connectivity index (χ0n) is 18.9. The Kier molecular flexibility index (Phi) is 5.32. The van der Waals surface area contributed by atoms with Gasteiger partial charge in [0, 0.05) is 31.3 Å². The van der Waals surface area contributed by atoms with Crippen molar-refractivity contribution in [3.05, 3.63) is 106 Å². The highest BCUT2D eigenvalue weighted by Gasteiger charge is 2.62. The maximum Gasteiger partial charge on any atom is 0.331 e. The summed E-state index contributed by atoms with van der Waals surface area (Å²) in [6.07, 6.45) is -0.0862. The van der Waals surface area contributed by atoms with Crippen molar-refractivity contribution in [3.63, 3.8) is 0 Å². The van der Waals surface area contributed by atoms with Crippen molar-refractivity contribution in [1.29, 1.82) is 0 Å². The molecule has 0 unspecified atom stereocenters. The first kappa shape index (κ1) is 22.3. The van der Waals surface area contributed by atoms with Crippen LogP contribution in [-0.4, -0.2) is 34.7 Å². The third-order valence-corrected chi connectivity index (χ3v) is 6.77. The quantitative estimate of drug-likeness (QED) is 0.354. The van der Waals surface area contributed by atoms with Gasteiger partial charge in [-0.05, 0) is 22.8 Å². The molecule has 3 aromatic carbocycles. The topological polar surface area (TPSA) is 113 Å². The van der Waals surface area contributed by atoms with Crippen molar-refractivity contribution in [2.24, 2.45) is 5.41 Å². The second-order valence-electron chi connectivity index (χ2n) is 8.78. The molecular weight excluding hydrogens is 448 g/mol. The molecule has 0 aromatic heterocycles. The number of amides is 4. The van der Waals surface area contributed by atoms with Crippen LogP contribution in [0.2, 0.25) is 0 Å². The Balaban J connectivity index is 1.69. The van der Waals surface area contributed by atoms with Crippen LogP contribution in [0.3, 0.4) is 0 Å². The molecule has 35 heavy (non-hydrogen) atoms. The van der Waals surface area contributed by atoms with Crippen LogP contribution in [0.4, 0.5) is 16.2 Å². The van der Waals surface area contributed by atoms with Crippen molar-refractivity contribution in [2.75, 3.05) is 11.9 Å². The normalized spacial score (nSPS) is 21.6. The molecule has 4 amide bonds. The molecule has 5 rings (SSSR count). The lowest BCUT2D eigenvalue weighted by atomic mass is 9.66. The highest BCUT2D eigenvalue weighted by Crippen LogP contribution is 2.51. The molecule has 0 radical (unpaired) electrons. The van der Waals surface area contributed by atoms with Crippen molar-refractivity contribution < 1.29 is 19.3 Å². The molecule has 3 aromatic rings. The number of nitro groups is 1. The Morgan fingerprint density at radius 3 is 2.31 bits per heavy atom. The number of barbiturate groups is 1. The van der Waals surface area contributed by atoms with Gasteiger partial charge in [0.25, 0.3) is 5.69 Å². The van der Waals surface area contributed by atoms with Crippen LogP contribution in [0.5, 0.6) is 0 Å². The third kappa shape index (κ3) is 3.52. The molecular formula is C26H22N4O5. The molecule has 2 aliphatic rings. The molecule has 9 nitrogen and oxygen atoms in total. The Morgan fingerprint density at radius 2 is 1.66 bits per heavy atom. The SMILES string of the molecule is CN1c2ccc([N+](=O)[O-])cc2C[C@@]2(C(=O)NC(=O)N(Cc3ccccc3)C2=O)[C@H]1c1ccccc1. The smallest absolute Gasteiger partial charge is 0.331 e. The molecule has 2 heterocycles. The van der Waals surface area contributed by atoms with Crippen LogP contribution in [0.1, 0.15) is 22.7 Å². The van der Waals surface area contributed by atoms with Crippen LogP contribution in [-0.2, 0) is 22.6 Å². The van der Waals surface area contributed by atoms with Gasteiger partial charge in [-0.25, -0.2) is 4.79 Å². The van der Waals surface area contributed by atoms with E-state index < -0.39 is 34.2 Å². The van der Waals surface area contributed by atoms with E-state index in [9.17, 15) is 24.5 Å². The number of benzene rings is 3. The van der Waals surface area contributed by atoms with E-state index in [-0.39, 0.29) is 18.7 Å². The summed E-state index contributed by atoms with van der Waals surface area (Å²) < 4.78 is 0. The number of hydrogen-bond acceptors (Lipinski definition) is 6. The average Bonchev–Trinajstić information content (AvgIpc) is 2.86. The highest BCUT2D eigenvalue weighted by atomic mass is 16.6. The van der Waals surface area contributed by atoms with Gasteiger partial charge in [0.15, 0.2) is 5.41 Å². The van der Waals surface area contributed by atoms with E-state index in [0.717, 1.165) is 16.0 Å². The number of imide groups is 2. The summed E-state index contributed by atoms with van der Waals surface area (Å²) in [6, 6.07) is 21.1. The molecule has 1 N–H and O–H groups in total. The van der Waals surface area contributed by atoms with Crippen LogP contribution in [0, 0.1) is 15.5 Å². The summed E-state index contributed by atoms with van der Waals surface area (Å²) in [5, 5.41) is 13.8. The largest absolute Gasteiger partial charge is 0.366 e. The molecule has 0 saturated carbocycles. The van der Waals surface area contributed by atoms with Gasteiger partial charge in [-0.2, -0.15) is 0 Å². The highest BCUT2D eigenvalue weighted by molar-refractivity contribution is 6.20. The summed E-state index contributed by atoms with van der Waals surface area (Å²) in [4.78, 5) is 54.4. The third-order valence-electron chi connectivity index (χ3n) is 6.77. The Hall–Kier alpha value is -4.53. The van der Waals surface area contributed by atoms with Gasteiger partial charge in [-0.1, -0.05) is 60.7 Å². The van der Waals surface area contributed by atoms with E-state index in [1.807, 2.05) is 36.4 Å². The number of fused-ring (bicyclic) bond motifs is 1. The van der Waals surface area contributed by atoms with Crippen molar-refractivity contribution in [1.82, 2.24) is 10.2 Å². The zero-order chi connectivity index (χ0) is 24.7. The van der Waals surface area contributed by atoms with E-state index in [1.54, 1.807) is 42.3 Å². The Labute approximate surface area is 201 Å². The first-order valence-corrected chi connectivity index (χ1v) is 11.1. The molecule has 1 saturated heterocycles. The van der Waals surface area contributed by atoms with Gasteiger partial charge in [0.1, 0.15) is 0 Å². The Bertz CT molecular complexity index is 1340. The van der Waals surface area contributed by atoms with Crippen LogP contribution in [0.25, 0.3) is 0 Å². The molecule has 1 fully saturated rings. The monoisotopic (exact) mass is 470 g/mol. The fourth-order valence-corrected chi connectivity index (χ4v) is 5.19. The van der Waals surface area contributed by atoms with Gasteiger partial charge in [0.2, 0.25) is 11.8 Å². The maximum absolute atomic E-state index is 14.2. The van der Waals surface area contributed by atoms with E-state index in [1.165, 1.54) is 12.1 Å². The minimum absolute atomic E-state index is 0.00639. The predicted molar refractivity (Wildman–Crippen MR) is 127 cm³/mol. The molecule has 0 bridgehead atoms. The number of nitro benzene ring substituents is 1. The standard InChI is InChI=1S/C26H22N4O5/c1-28-21-13-12-20(30(34)35)14-19(21)15-26(22(28)18-10-6-3-7-11-18)23(31)27-25(33)29(24(26)32)16-17-8-4-2-5-9-17/h2-14,22H,15-16H2,1H3,(H,27,31,33)/t22-,26+/m1/s1. The average molecular weight is 470 g/mol. The van der Waals surface area contributed by atoms with Crippen molar-refractivity contribution in [3.8, 4) is 0 Å². The molecule has 0 aliphatic carbocycles. The van der Waals surface area contributed by atoms with Gasteiger partial charge >= 0.3 is 6.03 Å². The van der Waals surface area contributed by atoms with E-state index >= 15 is 0 Å². The summed E-state index contributed by atoms with van der Waals surface area (Å²) in [6.45, 7) is -0.00639. The lowest BCUT2D eigenvalue weighted by Gasteiger charge is -2.51. The molecule has 176 valence electrons. The minimum atomic E-state index is -1.71. The van der Waals surface area contributed by atoms with Crippen molar-refractivity contribution >= 4 is 29.2 Å². The molecule has 9 heteroatoms. The Morgan fingerprint density at radius 1 is 1.00 bits per heavy atom. The van der Waals surface area contributed by atoms with Gasteiger partial charge in [-0.15, -0.1) is 0 Å². The summed E-state index contributed by atoms with van der Waals surface area (Å²) in [5.41, 5.74) is 0.787. The number of rotatable bonds is 4. The first-order chi connectivity index (χ1) is 16.8. The zero-order valence-corrected chi connectivity index (χ0v) is 18.9. The molecule has 1 spiro atoms. The van der Waals surface area contributed by atoms with Gasteiger partial charge < -0.3 is 4.90 Å². The van der Waals surface area contributed by atoms with Crippen LogP contribution >= 0.6 is 0 Å². The number of carbonyl (C=O) groups is 3. The fourth-order valence-electron chi connectivity index (χ4n) is 5.19. The number of nitrogens with zero attached hydrogens (tertiary/aromatic N) is 3. The lowest BCUT2D eigenvalue weighted by molar-refractivity contribution is -0.384. The fraction of sp³-hybridized carbons (Fsp3) is 0.192. The first-order valence-electron chi connectivity index (χ1n) is 11.1. The van der Waals surface area contributed by atoms with Gasteiger partial charge in [-0.3, -0.25) is 29.9 Å². The second-order valence-corrected chi connectivity index (χ2v) is 8.78. The van der Waals surface area contributed by atoms with E-state index in [4.69, 9.17) is 0 Å². The number of nitrogens with one attached hydrogen (secondary N) is 1. The predicted octanol–water partition coefficient (Wildman–Crippen LogP) is 3.59. The number of carbonyl (C=O) groups excluding carboxylic acids is 3. The molecule has 2 atom stereocenters. The van der Waals surface area contributed by atoms with Crippen LogP contribution < -0.4 is 10.2 Å². The number of hydrogen-bond donors (Lipinski definition) is 1. The summed E-state index contributed by atoms with van der Waals surface area (Å²) >= 11 is 0. The van der Waals surface area contributed by atoms with E-state index in [2.05, 4.69) is 5.32 Å². The summed E-state index contributed by atoms with van der Waals surface area (Å²) in [7, 11) is 1.75. The van der Waals surface area contributed by atoms with Crippen molar-refractivity contribution in [2.45, 2.75) is 19.0 Å².